The molecule has 20 heavy (non-hydrogen) atoms. The summed E-state index contributed by atoms with van der Waals surface area (Å²) in [5.41, 5.74) is 3.58. The van der Waals surface area contributed by atoms with E-state index in [9.17, 15) is 8.78 Å². The summed E-state index contributed by atoms with van der Waals surface area (Å²) in [7, 11) is 0. The van der Waals surface area contributed by atoms with Crippen molar-refractivity contribution in [3.8, 4) is 0 Å². The minimum absolute atomic E-state index is 0.0943. The summed E-state index contributed by atoms with van der Waals surface area (Å²) in [6.07, 6.45) is 0. The Hall–Kier alpha value is -1.74. The molecule has 0 heterocycles. The fourth-order valence-corrected chi connectivity index (χ4v) is 2.47. The summed E-state index contributed by atoms with van der Waals surface area (Å²) in [4.78, 5) is 0. The summed E-state index contributed by atoms with van der Waals surface area (Å²) in [6.45, 7) is 6.43. The molecule has 2 aromatic carbocycles. The van der Waals surface area contributed by atoms with Crippen LogP contribution in [0, 0.1) is 25.5 Å². The summed E-state index contributed by atoms with van der Waals surface area (Å²) >= 11 is 0. The van der Waals surface area contributed by atoms with Gasteiger partial charge in [0, 0.05) is 18.2 Å². The molecule has 0 bridgehead atoms. The third-order valence-corrected chi connectivity index (χ3v) is 3.33. The molecule has 0 amide bonds. The van der Waals surface area contributed by atoms with Gasteiger partial charge in [0.1, 0.15) is 11.6 Å². The molecule has 0 aromatic heterocycles. The number of aryl methyl sites for hydroxylation is 2. The Morgan fingerprint density at radius 3 is 2.10 bits per heavy atom. The van der Waals surface area contributed by atoms with E-state index < -0.39 is 11.6 Å². The average Bonchev–Trinajstić information content (AvgIpc) is 2.35. The first-order chi connectivity index (χ1) is 9.47. The van der Waals surface area contributed by atoms with E-state index in [-0.39, 0.29) is 11.6 Å². The zero-order valence-corrected chi connectivity index (χ0v) is 12.0. The van der Waals surface area contributed by atoms with Crippen LogP contribution in [0.2, 0.25) is 0 Å². The van der Waals surface area contributed by atoms with E-state index in [1.165, 1.54) is 29.3 Å². The minimum atomic E-state index is -0.509. The number of halogens is 2. The van der Waals surface area contributed by atoms with Crippen LogP contribution in [0.1, 0.15) is 35.2 Å². The van der Waals surface area contributed by atoms with Gasteiger partial charge in [0.25, 0.3) is 0 Å². The van der Waals surface area contributed by atoms with Gasteiger partial charge >= 0.3 is 0 Å². The molecule has 0 aliphatic rings. The highest BCUT2D eigenvalue weighted by atomic mass is 19.1. The van der Waals surface area contributed by atoms with Crippen LogP contribution in [0.4, 0.5) is 8.78 Å². The van der Waals surface area contributed by atoms with Gasteiger partial charge in [0.05, 0.1) is 0 Å². The van der Waals surface area contributed by atoms with E-state index in [2.05, 4.69) is 23.5 Å². The second-order valence-electron chi connectivity index (χ2n) is 5.23. The van der Waals surface area contributed by atoms with Gasteiger partial charge in [0.15, 0.2) is 0 Å². The van der Waals surface area contributed by atoms with Crippen LogP contribution in [-0.2, 0) is 6.54 Å². The molecule has 0 spiro atoms. The predicted molar refractivity (Wildman–Crippen MR) is 77.5 cm³/mol. The fraction of sp³-hybridized carbons (Fsp3) is 0.294. The van der Waals surface area contributed by atoms with Crippen molar-refractivity contribution in [3.05, 3.63) is 70.3 Å². The number of hydrogen-bond acceptors (Lipinski definition) is 1. The molecular weight excluding hydrogens is 256 g/mol. The van der Waals surface area contributed by atoms with Gasteiger partial charge in [-0.05, 0) is 38.5 Å². The second kappa shape index (κ2) is 6.14. The average molecular weight is 275 g/mol. The van der Waals surface area contributed by atoms with Crippen LogP contribution >= 0.6 is 0 Å². The first kappa shape index (κ1) is 14.7. The molecule has 0 radical (unpaired) electrons. The Bertz CT molecular complexity index is 567. The number of nitrogens with one attached hydrogen (secondary N) is 1. The SMILES string of the molecule is Cc1cc(C)cc(CNC(C)c2c(F)cccc2F)c1. The molecule has 2 aromatic rings. The minimum Gasteiger partial charge on any atom is -0.306 e. The molecule has 106 valence electrons. The van der Waals surface area contributed by atoms with Crippen molar-refractivity contribution < 1.29 is 8.78 Å². The summed E-state index contributed by atoms with van der Waals surface area (Å²) in [5, 5.41) is 3.17. The van der Waals surface area contributed by atoms with Crippen LogP contribution < -0.4 is 5.32 Å². The van der Waals surface area contributed by atoms with Gasteiger partial charge in [-0.15, -0.1) is 0 Å². The van der Waals surface area contributed by atoms with Gasteiger partial charge in [0.2, 0.25) is 0 Å². The van der Waals surface area contributed by atoms with Crippen molar-refractivity contribution >= 4 is 0 Å². The van der Waals surface area contributed by atoms with E-state index in [1.807, 2.05) is 13.8 Å². The quantitative estimate of drug-likeness (QED) is 0.870. The van der Waals surface area contributed by atoms with Crippen molar-refractivity contribution in [1.29, 1.82) is 0 Å². The monoisotopic (exact) mass is 275 g/mol. The molecule has 0 saturated heterocycles. The van der Waals surface area contributed by atoms with Crippen molar-refractivity contribution in [2.45, 2.75) is 33.4 Å². The van der Waals surface area contributed by atoms with Gasteiger partial charge < -0.3 is 5.32 Å². The molecular formula is C17H19F2N. The topological polar surface area (TPSA) is 12.0 Å². The Labute approximate surface area is 118 Å². The Morgan fingerprint density at radius 1 is 1.00 bits per heavy atom. The lowest BCUT2D eigenvalue weighted by Crippen LogP contribution is -2.20. The number of benzene rings is 2. The second-order valence-corrected chi connectivity index (χ2v) is 5.23. The highest BCUT2D eigenvalue weighted by molar-refractivity contribution is 5.29. The first-order valence-corrected chi connectivity index (χ1v) is 6.72. The summed E-state index contributed by atoms with van der Waals surface area (Å²) < 4.78 is 27.3. The summed E-state index contributed by atoms with van der Waals surface area (Å²) in [5.74, 6) is -1.02. The maximum absolute atomic E-state index is 13.7. The van der Waals surface area contributed by atoms with Gasteiger partial charge in [-0.2, -0.15) is 0 Å². The standard InChI is InChI=1S/C17H19F2N/c1-11-7-12(2)9-14(8-11)10-20-13(3)17-15(18)5-4-6-16(17)19/h4-9,13,20H,10H2,1-3H3. The molecule has 1 unspecified atom stereocenters. The van der Waals surface area contributed by atoms with Gasteiger partial charge in [-0.25, -0.2) is 8.78 Å². The van der Waals surface area contributed by atoms with Crippen LogP contribution in [0.15, 0.2) is 36.4 Å². The first-order valence-electron chi connectivity index (χ1n) is 6.72. The van der Waals surface area contributed by atoms with E-state index in [0.29, 0.717) is 6.54 Å². The van der Waals surface area contributed by atoms with E-state index >= 15 is 0 Å². The smallest absolute Gasteiger partial charge is 0.130 e. The zero-order chi connectivity index (χ0) is 14.7. The van der Waals surface area contributed by atoms with E-state index in [1.54, 1.807) is 6.92 Å². The molecule has 3 heteroatoms. The highest BCUT2D eigenvalue weighted by Gasteiger charge is 2.15. The van der Waals surface area contributed by atoms with Crippen molar-refractivity contribution in [1.82, 2.24) is 5.32 Å². The lowest BCUT2D eigenvalue weighted by molar-refractivity contribution is 0.487. The largest absolute Gasteiger partial charge is 0.306 e. The lowest BCUT2D eigenvalue weighted by atomic mass is 10.0. The Morgan fingerprint density at radius 2 is 1.55 bits per heavy atom. The fourth-order valence-electron chi connectivity index (χ4n) is 2.47. The Kier molecular flexibility index (Phi) is 4.50. The van der Waals surface area contributed by atoms with Crippen LogP contribution in [-0.4, -0.2) is 0 Å². The normalized spacial score (nSPS) is 12.4. The molecule has 1 nitrogen and oxygen atoms in total. The molecule has 0 aliphatic carbocycles. The molecule has 2 rings (SSSR count). The maximum Gasteiger partial charge on any atom is 0.130 e. The van der Waals surface area contributed by atoms with Crippen LogP contribution in [0.5, 0.6) is 0 Å². The van der Waals surface area contributed by atoms with Crippen LogP contribution in [0.25, 0.3) is 0 Å². The maximum atomic E-state index is 13.7. The van der Waals surface area contributed by atoms with Crippen LogP contribution in [0.3, 0.4) is 0 Å². The number of hydrogen-bond donors (Lipinski definition) is 1. The molecule has 1 N–H and O–H groups in total. The molecule has 0 fully saturated rings. The molecule has 1 atom stereocenters. The van der Waals surface area contributed by atoms with E-state index in [4.69, 9.17) is 0 Å². The number of rotatable bonds is 4. The molecule has 0 saturated carbocycles. The third kappa shape index (κ3) is 3.42. The zero-order valence-electron chi connectivity index (χ0n) is 12.0. The van der Waals surface area contributed by atoms with Crippen molar-refractivity contribution in [3.63, 3.8) is 0 Å². The Balaban J connectivity index is 2.10. The highest BCUT2D eigenvalue weighted by Crippen LogP contribution is 2.20. The predicted octanol–water partition coefficient (Wildman–Crippen LogP) is 4.43. The van der Waals surface area contributed by atoms with Gasteiger partial charge in [-0.3, -0.25) is 0 Å². The van der Waals surface area contributed by atoms with Gasteiger partial charge in [-0.1, -0.05) is 35.4 Å². The third-order valence-electron chi connectivity index (χ3n) is 3.33. The van der Waals surface area contributed by atoms with Crippen molar-refractivity contribution in [2.75, 3.05) is 0 Å². The van der Waals surface area contributed by atoms with Crippen molar-refractivity contribution in [2.24, 2.45) is 0 Å². The summed E-state index contributed by atoms with van der Waals surface area (Å²) in [6, 6.07) is 9.82. The van der Waals surface area contributed by atoms with E-state index in [0.717, 1.165) is 5.56 Å². The lowest BCUT2D eigenvalue weighted by Gasteiger charge is -2.16. The molecule has 0 aliphatic heterocycles.